The van der Waals surface area contributed by atoms with E-state index in [1.54, 1.807) is 48.9 Å². The average molecular weight is 332 g/mol. The molecule has 0 bridgehead atoms. The first-order valence-corrected chi connectivity index (χ1v) is 7.71. The average Bonchev–Trinajstić information content (AvgIpc) is 3.20. The number of hydrogen-bond acceptors (Lipinski definition) is 4. The molecule has 0 aliphatic heterocycles. The molecule has 2 heterocycles. The Balaban J connectivity index is 1.54. The van der Waals surface area contributed by atoms with Gasteiger partial charge in [0.15, 0.2) is 5.82 Å². The highest BCUT2D eigenvalue weighted by Crippen LogP contribution is 2.08. The van der Waals surface area contributed by atoms with Gasteiger partial charge in [0.25, 0.3) is 0 Å². The van der Waals surface area contributed by atoms with Crippen LogP contribution < -0.4 is 5.32 Å². The number of benzene rings is 1. The van der Waals surface area contributed by atoms with E-state index in [1.165, 1.54) is 12.3 Å². The standard InChI is InChI=1S/C19H16N4O2/c24-17(8-5-14-2-1-9-20-12-14)23-13-15-3-6-16(7-4-15)18(25)19-21-10-11-22-19/h1-12H,13H2,(H,21,22)(H,23,24)/b8-5+. The van der Waals surface area contributed by atoms with Crippen molar-refractivity contribution in [1.29, 1.82) is 0 Å². The molecule has 1 aromatic carbocycles. The van der Waals surface area contributed by atoms with Gasteiger partial charge in [-0.05, 0) is 23.3 Å². The first-order chi connectivity index (χ1) is 12.2. The topological polar surface area (TPSA) is 87.7 Å². The molecule has 3 aromatic rings. The molecule has 124 valence electrons. The summed E-state index contributed by atoms with van der Waals surface area (Å²) in [6.07, 6.45) is 9.67. The van der Waals surface area contributed by atoms with Crippen molar-refractivity contribution in [3.63, 3.8) is 0 Å². The third kappa shape index (κ3) is 4.48. The highest BCUT2D eigenvalue weighted by atomic mass is 16.1. The van der Waals surface area contributed by atoms with E-state index in [9.17, 15) is 9.59 Å². The van der Waals surface area contributed by atoms with Crippen LogP contribution in [-0.2, 0) is 11.3 Å². The van der Waals surface area contributed by atoms with E-state index in [0.29, 0.717) is 17.9 Å². The van der Waals surface area contributed by atoms with Crippen LogP contribution >= 0.6 is 0 Å². The molecule has 0 aliphatic rings. The molecular formula is C19H16N4O2. The molecule has 0 atom stereocenters. The van der Waals surface area contributed by atoms with Crippen molar-refractivity contribution >= 4 is 17.8 Å². The molecule has 0 aliphatic carbocycles. The molecule has 0 saturated carbocycles. The van der Waals surface area contributed by atoms with Crippen LogP contribution in [-0.4, -0.2) is 26.6 Å². The van der Waals surface area contributed by atoms with Crippen LogP contribution in [0.25, 0.3) is 6.08 Å². The summed E-state index contributed by atoms with van der Waals surface area (Å²) in [5.74, 6) is -0.0545. The van der Waals surface area contributed by atoms with E-state index in [4.69, 9.17) is 0 Å². The summed E-state index contributed by atoms with van der Waals surface area (Å²) < 4.78 is 0. The fraction of sp³-hybridized carbons (Fsp3) is 0.0526. The predicted molar refractivity (Wildman–Crippen MR) is 93.6 cm³/mol. The zero-order valence-electron chi connectivity index (χ0n) is 13.3. The van der Waals surface area contributed by atoms with E-state index in [-0.39, 0.29) is 11.7 Å². The van der Waals surface area contributed by atoms with Crippen LogP contribution in [0.4, 0.5) is 0 Å². The molecule has 0 spiro atoms. The molecule has 0 fully saturated rings. The minimum absolute atomic E-state index is 0.167. The Morgan fingerprint density at radius 1 is 1.12 bits per heavy atom. The summed E-state index contributed by atoms with van der Waals surface area (Å²) in [6.45, 7) is 0.380. The van der Waals surface area contributed by atoms with Crippen molar-refractivity contribution in [3.05, 3.63) is 89.8 Å². The molecule has 1 amide bonds. The van der Waals surface area contributed by atoms with Gasteiger partial charge in [-0.15, -0.1) is 0 Å². The number of carbonyl (C=O) groups excluding carboxylic acids is 2. The second-order valence-corrected chi connectivity index (χ2v) is 5.30. The minimum Gasteiger partial charge on any atom is -0.348 e. The van der Waals surface area contributed by atoms with Crippen molar-refractivity contribution in [3.8, 4) is 0 Å². The number of aromatic amines is 1. The van der Waals surface area contributed by atoms with E-state index >= 15 is 0 Å². The Morgan fingerprint density at radius 3 is 2.64 bits per heavy atom. The number of nitrogens with one attached hydrogen (secondary N) is 2. The molecule has 2 N–H and O–H groups in total. The highest BCUT2D eigenvalue weighted by molar-refractivity contribution is 6.06. The highest BCUT2D eigenvalue weighted by Gasteiger charge is 2.10. The number of rotatable bonds is 6. The van der Waals surface area contributed by atoms with Crippen molar-refractivity contribution in [2.24, 2.45) is 0 Å². The largest absolute Gasteiger partial charge is 0.348 e. The Bertz CT molecular complexity index is 870. The summed E-state index contributed by atoms with van der Waals surface area (Å²) in [4.78, 5) is 34.7. The van der Waals surface area contributed by atoms with Gasteiger partial charge in [-0.2, -0.15) is 0 Å². The fourth-order valence-electron chi connectivity index (χ4n) is 2.19. The number of H-pyrrole nitrogens is 1. The number of ketones is 1. The predicted octanol–water partition coefficient (Wildman–Crippen LogP) is 2.37. The quantitative estimate of drug-likeness (QED) is 0.536. The maximum absolute atomic E-state index is 12.1. The number of nitrogens with zero attached hydrogens (tertiary/aromatic N) is 2. The van der Waals surface area contributed by atoms with Crippen LogP contribution in [0.1, 0.15) is 27.3 Å². The maximum atomic E-state index is 12.1. The lowest BCUT2D eigenvalue weighted by atomic mass is 10.1. The Morgan fingerprint density at radius 2 is 1.96 bits per heavy atom. The number of carbonyl (C=O) groups is 2. The van der Waals surface area contributed by atoms with Gasteiger partial charge in [-0.25, -0.2) is 4.98 Å². The lowest BCUT2D eigenvalue weighted by Gasteiger charge is -2.04. The zero-order chi connectivity index (χ0) is 17.5. The second kappa shape index (κ2) is 7.83. The number of amides is 1. The number of aromatic nitrogens is 3. The van der Waals surface area contributed by atoms with Gasteiger partial charge in [0.2, 0.25) is 11.7 Å². The summed E-state index contributed by atoms with van der Waals surface area (Å²) in [5.41, 5.74) is 2.30. The van der Waals surface area contributed by atoms with Crippen molar-refractivity contribution in [2.75, 3.05) is 0 Å². The van der Waals surface area contributed by atoms with Gasteiger partial charge in [0.05, 0.1) is 0 Å². The summed E-state index contributed by atoms with van der Waals surface area (Å²) >= 11 is 0. The monoisotopic (exact) mass is 332 g/mol. The maximum Gasteiger partial charge on any atom is 0.244 e. The van der Waals surface area contributed by atoms with E-state index in [2.05, 4.69) is 20.3 Å². The third-order valence-corrected chi connectivity index (χ3v) is 3.51. The smallest absolute Gasteiger partial charge is 0.244 e. The SMILES string of the molecule is O=C(/C=C/c1cccnc1)NCc1ccc(C(=O)c2ncc[nH]2)cc1. The van der Waals surface area contributed by atoms with Gasteiger partial charge in [-0.1, -0.05) is 30.3 Å². The third-order valence-electron chi connectivity index (χ3n) is 3.51. The summed E-state index contributed by atoms with van der Waals surface area (Å²) in [7, 11) is 0. The van der Waals surface area contributed by atoms with E-state index in [0.717, 1.165) is 11.1 Å². The van der Waals surface area contributed by atoms with Crippen LogP contribution in [0, 0.1) is 0 Å². The molecule has 0 saturated heterocycles. The Kier molecular flexibility index (Phi) is 5.11. The van der Waals surface area contributed by atoms with Crippen LogP contribution in [0.2, 0.25) is 0 Å². The summed E-state index contributed by atoms with van der Waals surface area (Å²) in [6, 6.07) is 10.7. The lowest BCUT2D eigenvalue weighted by molar-refractivity contribution is -0.116. The molecule has 0 unspecified atom stereocenters. The van der Waals surface area contributed by atoms with Crippen LogP contribution in [0.15, 0.2) is 67.3 Å². The van der Waals surface area contributed by atoms with Crippen molar-refractivity contribution in [2.45, 2.75) is 6.54 Å². The molecule has 2 aromatic heterocycles. The zero-order valence-corrected chi connectivity index (χ0v) is 13.3. The normalized spacial score (nSPS) is 10.7. The number of imidazole rings is 1. The van der Waals surface area contributed by atoms with Crippen molar-refractivity contribution in [1.82, 2.24) is 20.3 Å². The van der Waals surface area contributed by atoms with Crippen LogP contribution in [0.5, 0.6) is 0 Å². The summed E-state index contributed by atoms with van der Waals surface area (Å²) in [5, 5.41) is 2.80. The Labute approximate surface area is 144 Å². The molecule has 25 heavy (non-hydrogen) atoms. The fourth-order valence-corrected chi connectivity index (χ4v) is 2.19. The number of hydrogen-bond donors (Lipinski definition) is 2. The molecular weight excluding hydrogens is 316 g/mol. The first-order valence-electron chi connectivity index (χ1n) is 7.71. The van der Waals surface area contributed by atoms with Gasteiger partial charge in [-0.3, -0.25) is 14.6 Å². The molecule has 3 rings (SSSR count). The molecule has 0 radical (unpaired) electrons. The van der Waals surface area contributed by atoms with E-state index < -0.39 is 0 Å². The van der Waals surface area contributed by atoms with Gasteiger partial charge >= 0.3 is 0 Å². The number of pyridine rings is 1. The van der Waals surface area contributed by atoms with Gasteiger partial charge in [0.1, 0.15) is 0 Å². The van der Waals surface area contributed by atoms with Gasteiger partial charge in [0, 0.05) is 43.0 Å². The first kappa shape index (κ1) is 16.3. The van der Waals surface area contributed by atoms with Crippen LogP contribution in [0.3, 0.4) is 0 Å². The minimum atomic E-state index is -0.195. The van der Waals surface area contributed by atoms with E-state index in [1.807, 2.05) is 12.1 Å². The Hall–Kier alpha value is -3.54. The van der Waals surface area contributed by atoms with Crippen molar-refractivity contribution < 1.29 is 9.59 Å². The second-order valence-electron chi connectivity index (χ2n) is 5.30. The van der Waals surface area contributed by atoms with Gasteiger partial charge < -0.3 is 10.3 Å². The molecule has 6 heteroatoms. The molecule has 6 nitrogen and oxygen atoms in total. The lowest BCUT2D eigenvalue weighted by Crippen LogP contribution is -2.20.